The smallest absolute Gasteiger partial charge is 0.350 e. The number of ether oxygens (including phenoxy) is 1. The molecular weight excluding hydrogens is 310 g/mol. The Hall–Kier alpha value is -2.65. The van der Waals surface area contributed by atoms with Crippen LogP contribution in [0.25, 0.3) is 21.5 Å². The Morgan fingerprint density at radius 1 is 1.43 bits per heavy atom. The number of H-pyrrole nitrogens is 1. The van der Waals surface area contributed by atoms with Gasteiger partial charge in [-0.15, -0.1) is 11.3 Å². The number of hydrogen-bond acceptors (Lipinski definition) is 5. The number of rotatable bonds is 3. The Labute approximate surface area is 137 Å². The summed E-state index contributed by atoms with van der Waals surface area (Å²) in [6.07, 6.45) is 1.71. The summed E-state index contributed by atoms with van der Waals surface area (Å²) in [6, 6.07) is 6.13. The molecule has 0 aliphatic carbocycles. The first-order chi connectivity index (χ1) is 11.0. The van der Waals surface area contributed by atoms with Gasteiger partial charge in [0.15, 0.2) is 0 Å². The fourth-order valence-electron chi connectivity index (χ4n) is 2.54. The van der Waals surface area contributed by atoms with E-state index in [1.165, 1.54) is 11.3 Å². The van der Waals surface area contributed by atoms with Gasteiger partial charge in [-0.1, -0.05) is 0 Å². The topological polar surface area (TPSA) is 78.8 Å². The van der Waals surface area contributed by atoms with Crippen LogP contribution in [0.4, 0.5) is 0 Å². The van der Waals surface area contributed by atoms with Crippen molar-refractivity contribution in [2.45, 2.75) is 20.8 Å². The lowest BCUT2D eigenvalue weighted by Gasteiger charge is -2.02. The van der Waals surface area contributed by atoms with E-state index in [9.17, 15) is 10.1 Å². The molecule has 2 aromatic heterocycles. The van der Waals surface area contributed by atoms with Gasteiger partial charge in [0.2, 0.25) is 0 Å². The van der Waals surface area contributed by atoms with Crippen LogP contribution in [0, 0.1) is 25.2 Å². The summed E-state index contributed by atoms with van der Waals surface area (Å²) in [4.78, 5) is 20.1. The average Bonchev–Trinajstić information content (AvgIpc) is 3.11. The van der Waals surface area contributed by atoms with Gasteiger partial charge in [0.1, 0.15) is 16.0 Å². The van der Waals surface area contributed by atoms with Crippen LogP contribution in [-0.4, -0.2) is 22.5 Å². The Kier molecular flexibility index (Phi) is 3.89. The van der Waals surface area contributed by atoms with Gasteiger partial charge in [-0.2, -0.15) is 5.26 Å². The van der Waals surface area contributed by atoms with Gasteiger partial charge in [0.05, 0.1) is 17.9 Å². The number of aromatic amines is 1. The molecule has 0 fully saturated rings. The zero-order chi connectivity index (χ0) is 16.6. The molecule has 23 heavy (non-hydrogen) atoms. The lowest BCUT2D eigenvalue weighted by atomic mass is 10.1. The molecule has 0 unspecified atom stereocenters. The molecule has 0 aliphatic rings. The van der Waals surface area contributed by atoms with E-state index < -0.39 is 0 Å². The quantitative estimate of drug-likeness (QED) is 0.739. The fraction of sp³-hybridized carbons (Fsp3) is 0.235. The number of fused-ring (bicyclic) bond motifs is 1. The minimum absolute atomic E-state index is 0.339. The standard InChI is InChI=1S/C17H15N3O2S/c1-4-22-17(21)15-10(3)20-16(23-15)11-5-9(2)14-13(6-11)12(7-18)8-19-14/h5-6,8,19H,4H2,1-3H3. The predicted octanol–water partition coefficient (Wildman–Crippen LogP) is 3.96. The lowest BCUT2D eigenvalue weighted by molar-refractivity contribution is 0.0531. The number of nitrogens with zero attached hydrogens (tertiary/aromatic N) is 2. The lowest BCUT2D eigenvalue weighted by Crippen LogP contribution is -2.03. The summed E-state index contributed by atoms with van der Waals surface area (Å²) in [5, 5.41) is 10.8. The maximum Gasteiger partial charge on any atom is 0.350 e. The highest BCUT2D eigenvalue weighted by molar-refractivity contribution is 7.17. The fourth-order valence-corrected chi connectivity index (χ4v) is 3.48. The van der Waals surface area contributed by atoms with E-state index >= 15 is 0 Å². The van der Waals surface area contributed by atoms with Gasteiger partial charge in [-0.3, -0.25) is 0 Å². The van der Waals surface area contributed by atoms with Crippen molar-refractivity contribution in [2.75, 3.05) is 6.61 Å². The number of carbonyl (C=O) groups excluding carboxylic acids is 1. The molecule has 1 N–H and O–H groups in total. The molecule has 0 amide bonds. The number of benzene rings is 1. The van der Waals surface area contributed by atoms with Crippen LogP contribution in [-0.2, 0) is 4.74 Å². The highest BCUT2D eigenvalue weighted by atomic mass is 32.1. The molecule has 2 heterocycles. The third kappa shape index (κ3) is 2.60. The molecule has 0 aliphatic heterocycles. The van der Waals surface area contributed by atoms with Gasteiger partial charge >= 0.3 is 5.97 Å². The zero-order valence-corrected chi connectivity index (χ0v) is 13.9. The van der Waals surface area contributed by atoms with E-state index in [4.69, 9.17) is 4.74 Å². The number of thiazole rings is 1. The molecule has 3 rings (SSSR count). The summed E-state index contributed by atoms with van der Waals surface area (Å²) in [5.74, 6) is -0.342. The SMILES string of the molecule is CCOC(=O)c1sc(-c2cc(C)c3[nH]cc(C#N)c3c2)nc1C. The highest BCUT2D eigenvalue weighted by Crippen LogP contribution is 2.33. The molecule has 0 spiro atoms. The average molecular weight is 325 g/mol. The van der Waals surface area contributed by atoms with E-state index in [1.54, 1.807) is 20.0 Å². The van der Waals surface area contributed by atoms with Crippen molar-refractivity contribution in [1.29, 1.82) is 5.26 Å². The maximum atomic E-state index is 11.9. The van der Waals surface area contributed by atoms with Crippen LogP contribution in [0.2, 0.25) is 0 Å². The second kappa shape index (κ2) is 5.86. The van der Waals surface area contributed by atoms with Gasteiger partial charge in [-0.05, 0) is 38.5 Å². The monoisotopic (exact) mass is 325 g/mol. The van der Waals surface area contributed by atoms with Crippen molar-refractivity contribution in [2.24, 2.45) is 0 Å². The second-order valence-corrected chi connectivity index (χ2v) is 6.18. The molecule has 6 heteroatoms. The van der Waals surface area contributed by atoms with E-state index in [0.29, 0.717) is 22.7 Å². The first kappa shape index (κ1) is 15.3. The molecule has 5 nitrogen and oxygen atoms in total. The first-order valence-electron chi connectivity index (χ1n) is 7.22. The summed E-state index contributed by atoms with van der Waals surface area (Å²) in [6.45, 7) is 5.90. The molecule has 0 atom stereocenters. The number of aryl methyl sites for hydroxylation is 2. The largest absolute Gasteiger partial charge is 0.462 e. The van der Waals surface area contributed by atoms with Crippen molar-refractivity contribution in [3.63, 3.8) is 0 Å². The van der Waals surface area contributed by atoms with E-state index in [2.05, 4.69) is 16.0 Å². The molecule has 0 saturated carbocycles. The number of carbonyl (C=O) groups is 1. The summed E-state index contributed by atoms with van der Waals surface area (Å²) in [5.41, 5.74) is 4.14. The summed E-state index contributed by atoms with van der Waals surface area (Å²) in [7, 11) is 0. The molecule has 1 aromatic carbocycles. The number of nitriles is 1. The van der Waals surface area contributed by atoms with Crippen LogP contribution in [0.15, 0.2) is 18.3 Å². The van der Waals surface area contributed by atoms with Crippen LogP contribution in [0.1, 0.15) is 33.4 Å². The normalized spacial score (nSPS) is 10.7. The van der Waals surface area contributed by atoms with Crippen LogP contribution in [0.3, 0.4) is 0 Å². The van der Waals surface area contributed by atoms with Gasteiger partial charge in [0.25, 0.3) is 0 Å². The van der Waals surface area contributed by atoms with E-state index in [0.717, 1.165) is 27.0 Å². The minimum atomic E-state index is -0.342. The zero-order valence-electron chi connectivity index (χ0n) is 13.1. The minimum Gasteiger partial charge on any atom is -0.462 e. The summed E-state index contributed by atoms with van der Waals surface area (Å²) < 4.78 is 5.06. The number of aromatic nitrogens is 2. The molecule has 0 radical (unpaired) electrons. The van der Waals surface area contributed by atoms with Crippen molar-refractivity contribution < 1.29 is 9.53 Å². The number of hydrogen-bond donors (Lipinski definition) is 1. The molecule has 0 bridgehead atoms. The predicted molar refractivity (Wildman–Crippen MR) is 89.6 cm³/mol. The molecular formula is C17H15N3O2S. The van der Waals surface area contributed by atoms with Gasteiger partial charge < -0.3 is 9.72 Å². The summed E-state index contributed by atoms with van der Waals surface area (Å²) >= 11 is 1.32. The van der Waals surface area contributed by atoms with Crippen molar-refractivity contribution >= 4 is 28.2 Å². The maximum absolute atomic E-state index is 11.9. The van der Waals surface area contributed by atoms with Crippen molar-refractivity contribution in [3.8, 4) is 16.6 Å². The van der Waals surface area contributed by atoms with Crippen LogP contribution < -0.4 is 0 Å². The Morgan fingerprint density at radius 3 is 2.91 bits per heavy atom. The Morgan fingerprint density at radius 2 is 2.22 bits per heavy atom. The van der Waals surface area contributed by atoms with Crippen LogP contribution >= 0.6 is 11.3 Å². The van der Waals surface area contributed by atoms with Crippen molar-refractivity contribution in [1.82, 2.24) is 9.97 Å². The molecule has 0 saturated heterocycles. The number of esters is 1. The Bertz CT molecular complexity index is 947. The Balaban J connectivity index is 2.12. The van der Waals surface area contributed by atoms with E-state index in [-0.39, 0.29) is 5.97 Å². The second-order valence-electron chi connectivity index (χ2n) is 5.18. The van der Waals surface area contributed by atoms with Gasteiger partial charge in [-0.25, -0.2) is 9.78 Å². The molecule has 3 aromatic rings. The van der Waals surface area contributed by atoms with Gasteiger partial charge in [0, 0.05) is 22.7 Å². The molecule has 116 valence electrons. The van der Waals surface area contributed by atoms with E-state index in [1.807, 2.05) is 19.1 Å². The third-order valence-electron chi connectivity index (χ3n) is 3.61. The highest BCUT2D eigenvalue weighted by Gasteiger charge is 2.18. The number of nitrogens with one attached hydrogen (secondary N) is 1. The first-order valence-corrected chi connectivity index (χ1v) is 8.03. The van der Waals surface area contributed by atoms with Crippen molar-refractivity contribution in [3.05, 3.63) is 40.0 Å². The van der Waals surface area contributed by atoms with Crippen LogP contribution in [0.5, 0.6) is 0 Å². The third-order valence-corrected chi connectivity index (χ3v) is 4.80.